The van der Waals surface area contributed by atoms with Gasteiger partial charge in [-0.3, -0.25) is 0 Å². The second-order valence-corrected chi connectivity index (χ2v) is 6.07. The number of rotatable bonds is 5. The SMILES string of the molecule is Cc1cc(Nc2cc(C(F)(F)F)ccn2)nc(-c2cn(C(C)C(=O)O)nn2)c1. The van der Waals surface area contributed by atoms with Gasteiger partial charge in [0.2, 0.25) is 0 Å². The van der Waals surface area contributed by atoms with Gasteiger partial charge in [-0.15, -0.1) is 5.10 Å². The molecule has 3 aromatic heterocycles. The van der Waals surface area contributed by atoms with Gasteiger partial charge in [0.1, 0.15) is 23.4 Å². The lowest BCUT2D eigenvalue weighted by molar-refractivity contribution is -0.140. The van der Waals surface area contributed by atoms with Crippen molar-refractivity contribution in [1.82, 2.24) is 25.0 Å². The molecule has 28 heavy (non-hydrogen) atoms. The molecule has 0 radical (unpaired) electrons. The van der Waals surface area contributed by atoms with E-state index in [2.05, 4.69) is 25.6 Å². The minimum absolute atomic E-state index is 0.0120. The lowest BCUT2D eigenvalue weighted by Gasteiger charge is -2.10. The highest BCUT2D eigenvalue weighted by Gasteiger charge is 2.30. The third-order valence-electron chi connectivity index (χ3n) is 3.84. The molecular formula is C17H15F3N6O2. The fraction of sp³-hybridized carbons (Fsp3) is 0.235. The standard InChI is InChI=1S/C17H15F3N6O2/c1-9-5-12(13-8-26(25-24-13)10(2)16(27)28)22-15(6-9)23-14-7-11(3-4-21-14)17(18,19)20/h3-8,10H,1-2H3,(H,27,28)(H,21,22,23). The number of pyridine rings is 2. The van der Waals surface area contributed by atoms with Crippen LogP contribution in [0.15, 0.2) is 36.7 Å². The normalized spacial score (nSPS) is 12.6. The Hall–Kier alpha value is -3.50. The van der Waals surface area contributed by atoms with E-state index in [1.165, 1.54) is 17.8 Å². The largest absolute Gasteiger partial charge is 0.480 e. The molecule has 1 unspecified atom stereocenters. The number of halogens is 3. The monoisotopic (exact) mass is 392 g/mol. The number of aromatic nitrogens is 5. The minimum atomic E-state index is -4.48. The van der Waals surface area contributed by atoms with Crippen LogP contribution in [0, 0.1) is 6.92 Å². The molecule has 146 valence electrons. The summed E-state index contributed by atoms with van der Waals surface area (Å²) < 4.78 is 39.7. The number of carbonyl (C=O) groups is 1. The summed E-state index contributed by atoms with van der Waals surface area (Å²) in [6, 6.07) is 4.19. The average molecular weight is 392 g/mol. The quantitative estimate of drug-likeness (QED) is 0.685. The van der Waals surface area contributed by atoms with Crippen LogP contribution in [0.1, 0.15) is 24.1 Å². The van der Waals surface area contributed by atoms with Gasteiger partial charge >= 0.3 is 12.1 Å². The Morgan fingerprint density at radius 1 is 1.21 bits per heavy atom. The summed E-state index contributed by atoms with van der Waals surface area (Å²) in [7, 11) is 0. The Balaban J connectivity index is 1.90. The third-order valence-corrected chi connectivity index (χ3v) is 3.84. The molecule has 0 aliphatic rings. The second kappa shape index (κ2) is 7.25. The van der Waals surface area contributed by atoms with E-state index in [0.29, 0.717) is 11.4 Å². The van der Waals surface area contributed by atoms with Crippen molar-refractivity contribution < 1.29 is 23.1 Å². The number of hydrogen-bond acceptors (Lipinski definition) is 6. The van der Waals surface area contributed by atoms with E-state index < -0.39 is 23.8 Å². The summed E-state index contributed by atoms with van der Waals surface area (Å²) in [5.41, 5.74) is 0.652. The lowest BCUT2D eigenvalue weighted by Crippen LogP contribution is -2.15. The van der Waals surface area contributed by atoms with E-state index >= 15 is 0 Å². The highest BCUT2D eigenvalue weighted by atomic mass is 19.4. The molecule has 0 aromatic carbocycles. The van der Waals surface area contributed by atoms with Gasteiger partial charge in [0.05, 0.1) is 17.5 Å². The van der Waals surface area contributed by atoms with E-state index in [1.54, 1.807) is 19.1 Å². The average Bonchev–Trinajstić information content (AvgIpc) is 3.10. The first-order valence-corrected chi connectivity index (χ1v) is 8.07. The number of aliphatic carboxylic acids is 1. The van der Waals surface area contributed by atoms with Crippen LogP contribution in [0.3, 0.4) is 0 Å². The molecular weight excluding hydrogens is 377 g/mol. The van der Waals surface area contributed by atoms with Crippen LogP contribution < -0.4 is 5.32 Å². The Labute approximate surface area is 157 Å². The molecule has 3 heterocycles. The van der Waals surface area contributed by atoms with Crippen LogP contribution in [0.25, 0.3) is 11.4 Å². The van der Waals surface area contributed by atoms with E-state index in [4.69, 9.17) is 5.11 Å². The molecule has 0 saturated carbocycles. The molecule has 8 nitrogen and oxygen atoms in total. The van der Waals surface area contributed by atoms with E-state index in [9.17, 15) is 18.0 Å². The maximum absolute atomic E-state index is 12.9. The van der Waals surface area contributed by atoms with Gasteiger partial charge in [0, 0.05) is 6.20 Å². The number of nitrogens with zero attached hydrogens (tertiary/aromatic N) is 5. The Morgan fingerprint density at radius 2 is 1.96 bits per heavy atom. The van der Waals surface area contributed by atoms with Crippen molar-refractivity contribution in [2.24, 2.45) is 0 Å². The molecule has 0 aliphatic heterocycles. The molecule has 2 N–H and O–H groups in total. The summed E-state index contributed by atoms with van der Waals surface area (Å²) in [5, 5.41) is 19.5. The summed E-state index contributed by atoms with van der Waals surface area (Å²) in [6.45, 7) is 3.23. The van der Waals surface area contributed by atoms with E-state index in [1.807, 2.05) is 0 Å². The van der Waals surface area contributed by atoms with E-state index in [0.717, 1.165) is 23.9 Å². The fourth-order valence-corrected chi connectivity index (χ4v) is 2.37. The van der Waals surface area contributed by atoms with Crippen molar-refractivity contribution in [1.29, 1.82) is 0 Å². The number of aryl methyl sites for hydroxylation is 1. The maximum atomic E-state index is 12.9. The maximum Gasteiger partial charge on any atom is 0.416 e. The smallest absolute Gasteiger partial charge is 0.416 e. The number of alkyl halides is 3. The van der Waals surface area contributed by atoms with Crippen molar-refractivity contribution in [3.8, 4) is 11.4 Å². The third kappa shape index (κ3) is 4.24. The Bertz CT molecular complexity index is 1020. The molecule has 0 aliphatic carbocycles. The second-order valence-electron chi connectivity index (χ2n) is 6.07. The van der Waals surface area contributed by atoms with Crippen LogP contribution >= 0.6 is 0 Å². The molecule has 0 spiro atoms. The zero-order chi connectivity index (χ0) is 20.5. The molecule has 11 heteroatoms. The van der Waals surface area contributed by atoms with Crippen LogP contribution in [-0.2, 0) is 11.0 Å². The van der Waals surface area contributed by atoms with Crippen LogP contribution in [0.4, 0.5) is 24.8 Å². The van der Waals surface area contributed by atoms with Gasteiger partial charge in [-0.1, -0.05) is 5.21 Å². The Kier molecular flexibility index (Phi) is 4.99. The highest BCUT2D eigenvalue weighted by molar-refractivity contribution is 5.71. The zero-order valence-electron chi connectivity index (χ0n) is 14.8. The zero-order valence-corrected chi connectivity index (χ0v) is 14.8. The number of hydrogen-bond donors (Lipinski definition) is 2. The van der Waals surface area contributed by atoms with Crippen LogP contribution in [-0.4, -0.2) is 36.0 Å². The molecule has 0 bridgehead atoms. The van der Waals surface area contributed by atoms with Crippen molar-refractivity contribution >= 4 is 17.6 Å². The van der Waals surface area contributed by atoms with Crippen molar-refractivity contribution in [2.75, 3.05) is 5.32 Å². The molecule has 0 amide bonds. The van der Waals surface area contributed by atoms with Gasteiger partial charge in [-0.2, -0.15) is 13.2 Å². The summed E-state index contributed by atoms with van der Waals surface area (Å²) in [5.74, 6) is -0.809. The van der Waals surface area contributed by atoms with Crippen molar-refractivity contribution in [2.45, 2.75) is 26.1 Å². The molecule has 3 rings (SSSR count). The number of nitrogens with one attached hydrogen (secondary N) is 1. The predicted octanol–water partition coefficient (Wildman–Crippen LogP) is 3.45. The van der Waals surface area contributed by atoms with Crippen LogP contribution in [0.2, 0.25) is 0 Å². The number of carboxylic acids is 1. The van der Waals surface area contributed by atoms with Crippen molar-refractivity contribution in [3.63, 3.8) is 0 Å². The fourth-order valence-electron chi connectivity index (χ4n) is 2.37. The molecule has 0 saturated heterocycles. The first-order valence-electron chi connectivity index (χ1n) is 8.07. The van der Waals surface area contributed by atoms with E-state index in [-0.39, 0.29) is 11.6 Å². The van der Waals surface area contributed by atoms with Gasteiger partial charge in [0.15, 0.2) is 0 Å². The molecule has 3 aromatic rings. The number of carboxylic acid groups (broad SMARTS) is 1. The van der Waals surface area contributed by atoms with Crippen molar-refractivity contribution in [3.05, 3.63) is 47.8 Å². The summed E-state index contributed by atoms with van der Waals surface area (Å²) in [6.07, 6.45) is -1.99. The molecule has 1 atom stereocenters. The lowest BCUT2D eigenvalue weighted by atomic mass is 10.2. The first-order chi connectivity index (χ1) is 13.1. The summed E-state index contributed by atoms with van der Waals surface area (Å²) >= 11 is 0. The van der Waals surface area contributed by atoms with Gasteiger partial charge in [-0.25, -0.2) is 19.4 Å². The Morgan fingerprint density at radius 3 is 2.64 bits per heavy atom. The predicted molar refractivity (Wildman–Crippen MR) is 92.9 cm³/mol. The summed E-state index contributed by atoms with van der Waals surface area (Å²) in [4.78, 5) is 19.2. The minimum Gasteiger partial charge on any atom is -0.480 e. The first kappa shape index (κ1) is 19.3. The number of anilines is 2. The topological polar surface area (TPSA) is 106 Å². The van der Waals surface area contributed by atoms with Crippen LogP contribution in [0.5, 0.6) is 0 Å². The highest BCUT2D eigenvalue weighted by Crippen LogP contribution is 2.30. The van der Waals surface area contributed by atoms with Gasteiger partial charge in [0.25, 0.3) is 0 Å². The van der Waals surface area contributed by atoms with Gasteiger partial charge in [-0.05, 0) is 43.7 Å². The van der Waals surface area contributed by atoms with Gasteiger partial charge < -0.3 is 10.4 Å². The molecule has 0 fully saturated rings.